The summed E-state index contributed by atoms with van der Waals surface area (Å²) < 4.78 is 0. The van der Waals surface area contributed by atoms with Gasteiger partial charge in [-0.1, -0.05) is 0 Å². The molecular formula is C18H31N3O. The summed E-state index contributed by atoms with van der Waals surface area (Å²) in [7, 11) is 0. The van der Waals surface area contributed by atoms with Gasteiger partial charge in [-0.3, -0.25) is 4.79 Å². The lowest BCUT2D eigenvalue weighted by Crippen LogP contribution is -2.53. The van der Waals surface area contributed by atoms with Gasteiger partial charge in [-0.05, 0) is 69.2 Å². The zero-order valence-electron chi connectivity index (χ0n) is 13.8. The molecule has 0 unspecified atom stereocenters. The molecule has 5 rings (SSSR count). The molecule has 4 aliphatic carbocycles. The van der Waals surface area contributed by atoms with Gasteiger partial charge in [0.2, 0.25) is 5.91 Å². The van der Waals surface area contributed by atoms with Crippen molar-refractivity contribution >= 4 is 5.91 Å². The average Bonchev–Trinajstić information content (AvgIpc) is 2.51. The zero-order valence-corrected chi connectivity index (χ0v) is 13.8. The van der Waals surface area contributed by atoms with Crippen LogP contribution in [0.25, 0.3) is 0 Å². The first-order valence-corrected chi connectivity index (χ1v) is 9.45. The summed E-state index contributed by atoms with van der Waals surface area (Å²) in [6.45, 7) is 6.53. The lowest BCUT2D eigenvalue weighted by atomic mass is 9.49. The van der Waals surface area contributed by atoms with Crippen LogP contribution in [0, 0.1) is 23.2 Å². The molecule has 0 aromatic rings. The second-order valence-electron chi connectivity index (χ2n) is 8.40. The van der Waals surface area contributed by atoms with E-state index in [4.69, 9.17) is 0 Å². The van der Waals surface area contributed by atoms with Crippen molar-refractivity contribution < 1.29 is 4.79 Å². The largest absolute Gasteiger partial charge is 0.356 e. The summed E-state index contributed by atoms with van der Waals surface area (Å²) in [6.07, 6.45) is 8.88. The SMILES string of the molecule is O=C(NCCCN1CCNCC1)C12CC3CC(CC(C3)C1)C2. The zero-order chi connectivity index (χ0) is 15.0. The number of hydrogen-bond acceptors (Lipinski definition) is 3. The Morgan fingerprint density at radius 3 is 2.23 bits per heavy atom. The Balaban J connectivity index is 1.24. The highest BCUT2D eigenvalue weighted by molar-refractivity contribution is 5.83. The van der Waals surface area contributed by atoms with E-state index in [0.717, 1.165) is 63.4 Å². The van der Waals surface area contributed by atoms with Gasteiger partial charge in [0, 0.05) is 38.1 Å². The van der Waals surface area contributed by atoms with Gasteiger partial charge >= 0.3 is 0 Å². The molecule has 0 spiro atoms. The van der Waals surface area contributed by atoms with Crippen molar-refractivity contribution in [1.29, 1.82) is 0 Å². The minimum atomic E-state index is 0.0315. The molecule has 4 heteroatoms. The number of carbonyl (C=O) groups is 1. The van der Waals surface area contributed by atoms with Gasteiger partial charge in [-0.25, -0.2) is 0 Å². The third kappa shape index (κ3) is 2.92. The van der Waals surface area contributed by atoms with E-state index >= 15 is 0 Å². The van der Waals surface area contributed by atoms with E-state index in [9.17, 15) is 4.79 Å². The number of carbonyl (C=O) groups excluding carboxylic acids is 1. The third-order valence-corrected chi connectivity index (χ3v) is 6.67. The van der Waals surface area contributed by atoms with Gasteiger partial charge in [0.05, 0.1) is 0 Å². The van der Waals surface area contributed by atoms with Crippen LogP contribution in [0.4, 0.5) is 0 Å². The molecule has 5 aliphatic rings. The van der Waals surface area contributed by atoms with Crippen LogP contribution in [0.1, 0.15) is 44.9 Å². The van der Waals surface area contributed by atoms with Crippen LogP contribution in [0.3, 0.4) is 0 Å². The number of amides is 1. The Hall–Kier alpha value is -0.610. The standard InChI is InChI=1S/C18H31N3O/c22-17(20-2-1-5-21-6-3-19-4-7-21)18-11-14-8-15(12-18)10-16(9-14)13-18/h14-16,19H,1-13H2,(H,20,22). The molecule has 1 aliphatic heterocycles. The molecule has 0 atom stereocenters. The van der Waals surface area contributed by atoms with Crippen molar-refractivity contribution in [3.63, 3.8) is 0 Å². The molecule has 1 heterocycles. The quantitative estimate of drug-likeness (QED) is 0.759. The highest BCUT2D eigenvalue weighted by atomic mass is 16.2. The highest BCUT2D eigenvalue weighted by Crippen LogP contribution is 2.60. The van der Waals surface area contributed by atoms with Crippen LogP contribution in [0.2, 0.25) is 0 Å². The summed E-state index contributed by atoms with van der Waals surface area (Å²) in [5.41, 5.74) is 0.0315. The second-order valence-corrected chi connectivity index (χ2v) is 8.40. The molecule has 4 saturated carbocycles. The number of nitrogens with one attached hydrogen (secondary N) is 2. The van der Waals surface area contributed by atoms with Gasteiger partial charge in [0.25, 0.3) is 0 Å². The Labute approximate surface area is 134 Å². The topological polar surface area (TPSA) is 44.4 Å². The van der Waals surface area contributed by atoms with Gasteiger partial charge in [-0.2, -0.15) is 0 Å². The highest BCUT2D eigenvalue weighted by Gasteiger charge is 2.54. The van der Waals surface area contributed by atoms with Gasteiger partial charge in [0.1, 0.15) is 0 Å². The maximum Gasteiger partial charge on any atom is 0.226 e. The lowest BCUT2D eigenvalue weighted by Gasteiger charge is -2.55. The molecule has 4 nitrogen and oxygen atoms in total. The monoisotopic (exact) mass is 305 g/mol. The first kappa shape index (κ1) is 14.9. The molecule has 0 aromatic carbocycles. The molecule has 1 saturated heterocycles. The van der Waals surface area contributed by atoms with E-state index in [0.29, 0.717) is 5.91 Å². The minimum Gasteiger partial charge on any atom is -0.356 e. The van der Waals surface area contributed by atoms with Crippen LogP contribution in [0.5, 0.6) is 0 Å². The normalized spacial score (nSPS) is 40.8. The molecule has 124 valence electrons. The molecule has 4 bridgehead atoms. The van der Waals surface area contributed by atoms with Crippen molar-refractivity contribution in [2.75, 3.05) is 39.3 Å². The summed E-state index contributed by atoms with van der Waals surface area (Å²) in [5, 5.41) is 6.68. The predicted molar refractivity (Wildman–Crippen MR) is 87.5 cm³/mol. The molecule has 0 aromatic heterocycles. The molecule has 0 radical (unpaired) electrons. The molecule has 1 amide bonds. The van der Waals surface area contributed by atoms with Crippen LogP contribution in [-0.4, -0.2) is 50.1 Å². The number of piperazine rings is 1. The fourth-order valence-corrected chi connectivity index (χ4v) is 6.02. The Morgan fingerprint density at radius 2 is 1.64 bits per heavy atom. The van der Waals surface area contributed by atoms with Crippen molar-refractivity contribution in [3.05, 3.63) is 0 Å². The van der Waals surface area contributed by atoms with Crippen molar-refractivity contribution in [2.24, 2.45) is 23.2 Å². The summed E-state index contributed by atoms with van der Waals surface area (Å²) in [5.74, 6) is 2.97. The summed E-state index contributed by atoms with van der Waals surface area (Å²) in [6, 6.07) is 0. The fraction of sp³-hybridized carbons (Fsp3) is 0.944. The van der Waals surface area contributed by atoms with E-state index in [1.807, 2.05) is 0 Å². The number of hydrogen-bond donors (Lipinski definition) is 2. The Kier molecular flexibility index (Phi) is 4.16. The Morgan fingerprint density at radius 1 is 1.05 bits per heavy atom. The predicted octanol–water partition coefficient (Wildman–Crippen LogP) is 1.61. The van der Waals surface area contributed by atoms with Crippen LogP contribution in [-0.2, 0) is 4.79 Å². The number of nitrogens with zero attached hydrogens (tertiary/aromatic N) is 1. The number of rotatable bonds is 5. The minimum absolute atomic E-state index is 0.0315. The third-order valence-electron chi connectivity index (χ3n) is 6.67. The molecule has 5 fully saturated rings. The fourth-order valence-electron chi connectivity index (χ4n) is 6.02. The molecule has 22 heavy (non-hydrogen) atoms. The van der Waals surface area contributed by atoms with E-state index in [1.54, 1.807) is 0 Å². The van der Waals surface area contributed by atoms with E-state index in [1.165, 1.54) is 38.5 Å². The van der Waals surface area contributed by atoms with Crippen molar-refractivity contribution in [3.8, 4) is 0 Å². The van der Waals surface area contributed by atoms with E-state index < -0.39 is 0 Å². The van der Waals surface area contributed by atoms with Crippen molar-refractivity contribution in [1.82, 2.24) is 15.5 Å². The summed E-state index contributed by atoms with van der Waals surface area (Å²) >= 11 is 0. The first-order chi connectivity index (χ1) is 10.7. The summed E-state index contributed by atoms with van der Waals surface area (Å²) in [4.78, 5) is 15.3. The molecule has 2 N–H and O–H groups in total. The lowest BCUT2D eigenvalue weighted by molar-refractivity contribution is -0.146. The van der Waals surface area contributed by atoms with Crippen LogP contribution in [0.15, 0.2) is 0 Å². The Bertz CT molecular complexity index is 381. The smallest absolute Gasteiger partial charge is 0.226 e. The van der Waals surface area contributed by atoms with Crippen LogP contribution < -0.4 is 10.6 Å². The van der Waals surface area contributed by atoms with Gasteiger partial charge in [-0.15, -0.1) is 0 Å². The first-order valence-electron chi connectivity index (χ1n) is 9.45. The van der Waals surface area contributed by atoms with E-state index in [-0.39, 0.29) is 5.41 Å². The van der Waals surface area contributed by atoms with Gasteiger partial charge < -0.3 is 15.5 Å². The van der Waals surface area contributed by atoms with Gasteiger partial charge in [0.15, 0.2) is 0 Å². The van der Waals surface area contributed by atoms with E-state index in [2.05, 4.69) is 15.5 Å². The second kappa shape index (κ2) is 6.12. The molecular weight excluding hydrogens is 274 g/mol. The van der Waals surface area contributed by atoms with Crippen molar-refractivity contribution in [2.45, 2.75) is 44.9 Å². The maximum atomic E-state index is 12.8. The van der Waals surface area contributed by atoms with Crippen LogP contribution >= 0.6 is 0 Å². The average molecular weight is 305 g/mol. The maximum absolute atomic E-state index is 12.8.